The molecule has 0 unspecified atom stereocenters. The van der Waals surface area contributed by atoms with Crippen molar-refractivity contribution in [2.75, 3.05) is 7.11 Å². The van der Waals surface area contributed by atoms with Gasteiger partial charge in [0, 0.05) is 6.07 Å². The van der Waals surface area contributed by atoms with Crippen LogP contribution in [-0.2, 0) is 0 Å². The first-order valence-electron chi connectivity index (χ1n) is 4.31. The Kier molecular flexibility index (Phi) is 3.58. The average molecular weight is 218 g/mol. The number of carbonyl (C=O) groups is 1. The van der Waals surface area contributed by atoms with Gasteiger partial charge in [0.1, 0.15) is 11.6 Å². The highest BCUT2D eigenvalue weighted by atomic mass is 19.1. The minimum Gasteiger partial charge on any atom is -0.497 e. The highest BCUT2D eigenvalue weighted by Gasteiger charge is 2.22. The van der Waals surface area contributed by atoms with E-state index in [1.165, 1.54) is 31.4 Å². The molecule has 4 nitrogen and oxygen atoms in total. The van der Waals surface area contributed by atoms with Crippen LogP contribution in [0, 0.1) is 34.4 Å². The second-order valence-electron chi connectivity index (χ2n) is 2.90. The average Bonchev–Trinajstić information content (AvgIpc) is 2.30. The van der Waals surface area contributed by atoms with Crippen LogP contribution in [0.2, 0.25) is 0 Å². The lowest BCUT2D eigenvalue weighted by molar-refractivity contribution is 0.0967. The van der Waals surface area contributed by atoms with Gasteiger partial charge in [-0.1, -0.05) is 0 Å². The van der Waals surface area contributed by atoms with Crippen molar-refractivity contribution >= 4 is 5.78 Å². The number of benzene rings is 1. The first kappa shape index (κ1) is 11.7. The third-order valence-electron chi connectivity index (χ3n) is 1.96. The van der Waals surface area contributed by atoms with Crippen molar-refractivity contribution in [3.63, 3.8) is 0 Å². The largest absolute Gasteiger partial charge is 0.497 e. The molecule has 16 heavy (non-hydrogen) atoms. The summed E-state index contributed by atoms with van der Waals surface area (Å²) in [4.78, 5) is 11.5. The number of carbonyl (C=O) groups excluding carboxylic acids is 1. The topological polar surface area (TPSA) is 73.9 Å². The molecule has 0 bridgehead atoms. The van der Waals surface area contributed by atoms with E-state index in [9.17, 15) is 9.18 Å². The second-order valence-corrected chi connectivity index (χ2v) is 2.90. The number of methoxy groups -OCH3 is 1. The molecule has 0 N–H and O–H groups in total. The van der Waals surface area contributed by atoms with Crippen LogP contribution in [-0.4, -0.2) is 12.9 Å². The summed E-state index contributed by atoms with van der Waals surface area (Å²) in [7, 11) is 1.36. The van der Waals surface area contributed by atoms with E-state index in [4.69, 9.17) is 15.3 Å². The summed E-state index contributed by atoms with van der Waals surface area (Å²) >= 11 is 0. The van der Waals surface area contributed by atoms with Crippen LogP contribution in [0.5, 0.6) is 5.75 Å². The minimum absolute atomic E-state index is 0.263. The molecule has 80 valence electrons. The van der Waals surface area contributed by atoms with Crippen LogP contribution in [0.15, 0.2) is 18.2 Å². The van der Waals surface area contributed by atoms with E-state index in [-0.39, 0.29) is 11.3 Å². The predicted octanol–water partition coefficient (Wildman–Crippen LogP) is 1.68. The number of halogens is 1. The molecule has 5 heteroatoms. The smallest absolute Gasteiger partial charge is 0.197 e. The Labute approximate surface area is 91.5 Å². The fourth-order valence-corrected chi connectivity index (χ4v) is 1.12. The zero-order chi connectivity index (χ0) is 12.1. The van der Waals surface area contributed by atoms with Crippen LogP contribution in [0.25, 0.3) is 0 Å². The van der Waals surface area contributed by atoms with Crippen molar-refractivity contribution in [1.82, 2.24) is 0 Å². The van der Waals surface area contributed by atoms with Crippen LogP contribution < -0.4 is 4.74 Å². The molecule has 0 amide bonds. The SMILES string of the molecule is COc1ccc(C(=O)C(C#N)C#N)c(F)c1. The van der Waals surface area contributed by atoms with E-state index >= 15 is 0 Å². The van der Waals surface area contributed by atoms with E-state index in [0.29, 0.717) is 0 Å². The van der Waals surface area contributed by atoms with Gasteiger partial charge in [0.05, 0.1) is 24.8 Å². The van der Waals surface area contributed by atoms with E-state index in [0.717, 1.165) is 6.07 Å². The summed E-state index contributed by atoms with van der Waals surface area (Å²) in [5.41, 5.74) is -0.283. The normalized spacial score (nSPS) is 9.31. The molecule has 0 aliphatic heterocycles. The third-order valence-corrected chi connectivity index (χ3v) is 1.96. The maximum atomic E-state index is 13.4. The number of hydrogen-bond acceptors (Lipinski definition) is 4. The predicted molar refractivity (Wildman–Crippen MR) is 52.0 cm³/mol. The van der Waals surface area contributed by atoms with Gasteiger partial charge in [0.15, 0.2) is 11.7 Å². The number of ketones is 1. The first-order valence-corrected chi connectivity index (χ1v) is 4.31. The number of Topliss-reactive ketones (excluding diaryl/α,β-unsaturated/α-hetero) is 1. The summed E-state index contributed by atoms with van der Waals surface area (Å²) < 4.78 is 18.2. The lowest BCUT2D eigenvalue weighted by atomic mass is 10.00. The van der Waals surface area contributed by atoms with E-state index in [2.05, 4.69) is 0 Å². The van der Waals surface area contributed by atoms with Crippen LogP contribution >= 0.6 is 0 Å². The molecule has 0 saturated carbocycles. The monoisotopic (exact) mass is 218 g/mol. The molecule has 0 atom stereocenters. The zero-order valence-corrected chi connectivity index (χ0v) is 8.40. The molecule has 0 aliphatic rings. The van der Waals surface area contributed by atoms with Gasteiger partial charge < -0.3 is 4.74 Å². The maximum absolute atomic E-state index is 13.4. The van der Waals surface area contributed by atoms with Crippen molar-refractivity contribution in [3.05, 3.63) is 29.6 Å². The summed E-state index contributed by atoms with van der Waals surface area (Å²) in [6, 6.07) is 6.60. The Morgan fingerprint density at radius 3 is 2.50 bits per heavy atom. The van der Waals surface area contributed by atoms with Crippen molar-refractivity contribution in [2.45, 2.75) is 0 Å². The van der Waals surface area contributed by atoms with Gasteiger partial charge in [-0.3, -0.25) is 4.79 Å². The van der Waals surface area contributed by atoms with E-state index in [1.54, 1.807) is 0 Å². The first-order chi connectivity index (χ1) is 7.63. The highest BCUT2D eigenvalue weighted by molar-refractivity contribution is 6.01. The van der Waals surface area contributed by atoms with Crippen molar-refractivity contribution in [3.8, 4) is 17.9 Å². The van der Waals surface area contributed by atoms with Gasteiger partial charge in [0.2, 0.25) is 0 Å². The summed E-state index contributed by atoms with van der Waals surface area (Å²) in [5.74, 6) is -2.87. The van der Waals surface area contributed by atoms with Crippen molar-refractivity contribution < 1.29 is 13.9 Å². The molecule has 1 aromatic carbocycles. The number of ether oxygens (including phenoxy) is 1. The number of rotatable bonds is 3. The van der Waals surface area contributed by atoms with Gasteiger partial charge in [0.25, 0.3) is 0 Å². The molecule has 0 aliphatic carbocycles. The summed E-state index contributed by atoms with van der Waals surface area (Å²) in [5, 5.41) is 17.0. The maximum Gasteiger partial charge on any atom is 0.197 e. The van der Waals surface area contributed by atoms with E-state index < -0.39 is 17.5 Å². The van der Waals surface area contributed by atoms with Gasteiger partial charge in [-0.15, -0.1) is 0 Å². The molecule has 0 radical (unpaired) electrons. The highest BCUT2D eigenvalue weighted by Crippen LogP contribution is 2.18. The Morgan fingerprint density at radius 1 is 1.44 bits per heavy atom. The molecule has 1 aromatic rings. The fraction of sp³-hybridized carbons (Fsp3) is 0.182. The lowest BCUT2D eigenvalue weighted by Gasteiger charge is -2.04. The minimum atomic E-state index is -1.48. The molecular weight excluding hydrogens is 211 g/mol. The van der Waals surface area contributed by atoms with Crippen LogP contribution in [0.3, 0.4) is 0 Å². The summed E-state index contributed by atoms with van der Waals surface area (Å²) in [6.45, 7) is 0. The lowest BCUT2D eigenvalue weighted by Crippen LogP contribution is -2.12. The van der Waals surface area contributed by atoms with Crippen LogP contribution in [0.4, 0.5) is 4.39 Å². The Morgan fingerprint density at radius 2 is 2.06 bits per heavy atom. The number of nitrogens with zero attached hydrogens (tertiary/aromatic N) is 2. The Balaban J connectivity index is 3.12. The second kappa shape index (κ2) is 4.90. The molecule has 0 spiro atoms. The van der Waals surface area contributed by atoms with Crippen molar-refractivity contribution in [2.24, 2.45) is 5.92 Å². The molecule has 0 fully saturated rings. The Hall–Kier alpha value is -2.40. The molecule has 1 rings (SSSR count). The Bertz CT molecular complexity index is 486. The third kappa shape index (κ3) is 2.15. The van der Waals surface area contributed by atoms with Gasteiger partial charge >= 0.3 is 0 Å². The van der Waals surface area contributed by atoms with Gasteiger partial charge in [-0.05, 0) is 12.1 Å². The summed E-state index contributed by atoms with van der Waals surface area (Å²) in [6.07, 6.45) is 0. The molecular formula is C11H7FN2O2. The zero-order valence-electron chi connectivity index (χ0n) is 8.40. The van der Waals surface area contributed by atoms with E-state index in [1.807, 2.05) is 0 Å². The fourth-order valence-electron chi connectivity index (χ4n) is 1.12. The van der Waals surface area contributed by atoms with Gasteiger partial charge in [-0.25, -0.2) is 4.39 Å². The standard InChI is InChI=1S/C11H7FN2O2/c1-16-8-2-3-9(10(12)4-8)11(15)7(5-13)6-14/h2-4,7H,1H3. The van der Waals surface area contributed by atoms with Crippen LogP contribution in [0.1, 0.15) is 10.4 Å². The molecule has 0 aromatic heterocycles. The number of hydrogen-bond donors (Lipinski definition) is 0. The molecule has 0 heterocycles. The quantitative estimate of drug-likeness (QED) is 0.723. The number of nitriles is 2. The van der Waals surface area contributed by atoms with Gasteiger partial charge in [-0.2, -0.15) is 10.5 Å². The molecule has 0 saturated heterocycles. The van der Waals surface area contributed by atoms with Crippen molar-refractivity contribution in [1.29, 1.82) is 10.5 Å².